The van der Waals surface area contributed by atoms with Crippen molar-refractivity contribution in [3.63, 3.8) is 0 Å². The Balaban J connectivity index is 1.99. The van der Waals surface area contributed by atoms with Crippen LogP contribution in [-0.4, -0.2) is 43.1 Å². The summed E-state index contributed by atoms with van der Waals surface area (Å²) in [5.41, 5.74) is -0.623. The molecule has 1 aliphatic heterocycles. The van der Waals surface area contributed by atoms with E-state index in [1.165, 1.54) is 11.4 Å². The van der Waals surface area contributed by atoms with Gasteiger partial charge >= 0.3 is 0 Å². The first-order valence-electron chi connectivity index (χ1n) is 5.50. The summed E-state index contributed by atoms with van der Waals surface area (Å²) in [5.74, 6) is 1.07. The molecular formula is C10H14N2O4S3. The first-order valence-corrected chi connectivity index (χ1v) is 9.08. The summed E-state index contributed by atoms with van der Waals surface area (Å²) < 4.78 is 22.2. The van der Waals surface area contributed by atoms with E-state index in [-0.39, 0.29) is 16.3 Å². The molecule has 6 nitrogen and oxygen atoms in total. The van der Waals surface area contributed by atoms with Crippen molar-refractivity contribution >= 4 is 39.0 Å². The van der Waals surface area contributed by atoms with Gasteiger partial charge in [-0.05, 0) is 18.2 Å². The number of aliphatic hydroxyl groups is 1. The fraction of sp³-hybridized carbons (Fsp3) is 0.500. The van der Waals surface area contributed by atoms with Crippen LogP contribution in [-0.2, 0) is 10.0 Å². The Morgan fingerprint density at radius 2 is 2.32 bits per heavy atom. The second-order valence-electron chi connectivity index (χ2n) is 4.41. The van der Waals surface area contributed by atoms with Crippen LogP contribution in [0.4, 0.5) is 0 Å². The van der Waals surface area contributed by atoms with E-state index >= 15 is 0 Å². The minimum Gasteiger partial charge on any atom is -0.387 e. The second kappa shape index (κ2) is 5.41. The monoisotopic (exact) mass is 322 g/mol. The second-order valence-corrected chi connectivity index (χ2v) is 8.21. The Labute approximate surface area is 119 Å². The topological polar surface area (TPSA) is 109 Å². The van der Waals surface area contributed by atoms with Gasteiger partial charge in [0.25, 0.3) is 5.91 Å². The van der Waals surface area contributed by atoms with Gasteiger partial charge in [-0.15, -0.1) is 11.3 Å². The number of nitrogens with one attached hydrogen (secondary N) is 1. The van der Waals surface area contributed by atoms with E-state index in [0.717, 1.165) is 17.1 Å². The summed E-state index contributed by atoms with van der Waals surface area (Å²) >= 11 is 2.54. The standard InChI is InChI=1S/C10H14N2O4S3/c11-19(15,16)8-3-7(4-18-8)9(13)12-5-10(14)1-2-17-6-10/h3-4,14H,1-2,5-6H2,(H,12,13)(H2,11,15,16). The summed E-state index contributed by atoms with van der Waals surface area (Å²) in [4.78, 5) is 11.8. The number of thiophene rings is 1. The molecule has 1 atom stereocenters. The third-order valence-electron chi connectivity index (χ3n) is 2.78. The van der Waals surface area contributed by atoms with Gasteiger partial charge in [0.1, 0.15) is 4.21 Å². The van der Waals surface area contributed by atoms with Crippen LogP contribution in [0, 0.1) is 0 Å². The zero-order chi connectivity index (χ0) is 14.1. The quantitative estimate of drug-likeness (QED) is 0.722. The van der Waals surface area contributed by atoms with Crippen molar-refractivity contribution in [1.82, 2.24) is 5.32 Å². The molecule has 1 aromatic rings. The number of hydrogen-bond donors (Lipinski definition) is 3. The van der Waals surface area contributed by atoms with Crippen LogP contribution in [0.15, 0.2) is 15.7 Å². The first-order chi connectivity index (χ1) is 8.80. The Bertz CT molecular complexity index is 575. The molecule has 0 bridgehead atoms. The molecule has 106 valence electrons. The fourth-order valence-electron chi connectivity index (χ4n) is 1.67. The van der Waals surface area contributed by atoms with Crippen LogP contribution < -0.4 is 10.5 Å². The summed E-state index contributed by atoms with van der Waals surface area (Å²) in [7, 11) is -3.77. The maximum Gasteiger partial charge on any atom is 0.252 e. The number of nitrogens with two attached hydrogens (primary N) is 1. The molecule has 19 heavy (non-hydrogen) atoms. The van der Waals surface area contributed by atoms with Crippen molar-refractivity contribution in [3.05, 3.63) is 17.0 Å². The number of amides is 1. The summed E-state index contributed by atoms with van der Waals surface area (Å²) in [6, 6.07) is 1.24. The normalized spacial score (nSPS) is 23.5. The number of rotatable bonds is 4. The molecule has 1 fully saturated rings. The molecule has 0 saturated carbocycles. The number of thioether (sulfide) groups is 1. The molecule has 2 heterocycles. The molecule has 0 radical (unpaired) electrons. The minimum absolute atomic E-state index is 0.0483. The predicted octanol–water partition coefficient (Wildman–Crippen LogP) is -0.00670. The third-order valence-corrected chi connectivity index (χ3v) is 6.40. The van der Waals surface area contributed by atoms with Crippen LogP contribution in [0.5, 0.6) is 0 Å². The average molecular weight is 322 g/mol. The highest BCUT2D eigenvalue weighted by molar-refractivity contribution is 7.99. The molecule has 0 aliphatic carbocycles. The summed E-state index contributed by atoms with van der Waals surface area (Å²) in [5, 5.41) is 19.1. The number of hydrogen-bond acceptors (Lipinski definition) is 6. The molecule has 1 saturated heterocycles. The van der Waals surface area contributed by atoms with Crippen LogP contribution in [0.25, 0.3) is 0 Å². The Hall–Kier alpha value is -0.610. The number of primary sulfonamides is 1. The van der Waals surface area contributed by atoms with Crippen molar-refractivity contribution < 1.29 is 18.3 Å². The van der Waals surface area contributed by atoms with Gasteiger partial charge in [0, 0.05) is 17.7 Å². The largest absolute Gasteiger partial charge is 0.387 e. The van der Waals surface area contributed by atoms with E-state index in [9.17, 15) is 18.3 Å². The van der Waals surface area contributed by atoms with Crippen molar-refractivity contribution in [1.29, 1.82) is 0 Å². The number of carbonyl (C=O) groups excluding carboxylic acids is 1. The third kappa shape index (κ3) is 3.69. The highest BCUT2D eigenvalue weighted by atomic mass is 32.2. The Morgan fingerprint density at radius 3 is 2.84 bits per heavy atom. The number of sulfonamides is 1. The molecule has 2 rings (SSSR count). The molecule has 4 N–H and O–H groups in total. The lowest BCUT2D eigenvalue weighted by molar-refractivity contribution is 0.0612. The summed E-state index contributed by atoms with van der Waals surface area (Å²) in [6.45, 7) is 0.166. The lowest BCUT2D eigenvalue weighted by Gasteiger charge is -2.21. The smallest absolute Gasteiger partial charge is 0.252 e. The highest BCUT2D eigenvalue weighted by Crippen LogP contribution is 2.27. The van der Waals surface area contributed by atoms with E-state index in [1.807, 2.05) is 0 Å². The molecule has 1 unspecified atom stereocenters. The lowest BCUT2D eigenvalue weighted by atomic mass is 10.0. The van der Waals surface area contributed by atoms with Crippen LogP contribution in [0.2, 0.25) is 0 Å². The highest BCUT2D eigenvalue weighted by Gasteiger charge is 2.32. The molecule has 1 aromatic heterocycles. The van der Waals surface area contributed by atoms with E-state index in [0.29, 0.717) is 12.2 Å². The SMILES string of the molecule is NS(=O)(=O)c1cc(C(=O)NCC2(O)CCSC2)cs1. The average Bonchev–Trinajstić information content (AvgIpc) is 2.94. The van der Waals surface area contributed by atoms with E-state index in [4.69, 9.17) is 5.14 Å². The lowest BCUT2D eigenvalue weighted by Crippen LogP contribution is -2.42. The summed E-state index contributed by atoms with van der Waals surface area (Å²) in [6.07, 6.45) is 0.643. The minimum atomic E-state index is -3.77. The molecule has 1 amide bonds. The maximum atomic E-state index is 11.8. The van der Waals surface area contributed by atoms with Gasteiger partial charge in [-0.3, -0.25) is 4.79 Å². The van der Waals surface area contributed by atoms with Gasteiger partial charge in [-0.2, -0.15) is 11.8 Å². The van der Waals surface area contributed by atoms with Gasteiger partial charge in [0.05, 0.1) is 11.2 Å². The van der Waals surface area contributed by atoms with Gasteiger partial charge in [-0.25, -0.2) is 13.6 Å². The van der Waals surface area contributed by atoms with E-state index < -0.39 is 21.5 Å². The van der Waals surface area contributed by atoms with Gasteiger partial charge < -0.3 is 10.4 Å². The molecule has 9 heteroatoms. The van der Waals surface area contributed by atoms with Crippen molar-refractivity contribution in [3.8, 4) is 0 Å². The van der Waals surface area contributed by atoms with Crippen LogP contribution in [0.3, 0.4) is 0 Å². The van der Waals surface area contributed by atoms with Crippen molar-refractivity contribution in [2.45, 2.75) is 16.2 Å². The van der Waals surface area contributed by atoms with Gasteiger partial charge in [0.15, 0.2) is 0 Å². The molecular weight excluding hydrogens is 308 g/mol. The van der Waals surface area contributed by atoms with E-state index in [1.54, 1.807) is 11.8 Å². The van der Waals surface area contributed by atoms with Crippen LogP contribution in [0.1, 0.15) is 16.8 Å². The fourth-order valence-corrected chi connectivity index (χ4v) is 4.55. The zero-order valence-electron chi connectivity index (χ0n) is 9.96. The maximum absolute atomic E-state index is 11.8. The van der Waals surface area contributed by atoms with Crippen molar-refractivity contribution in [2.24, 2.45) is 5.14 Å². The Morgan fingerprint density at radius 1 is 1.58 bits per heavy atom. The molecule has 0 aromatic carbocycles. The predicted molar refractivity (Wildman–Crippen MR) is 74.9 cm³/mol. The first kappa shape index (κ1) is 14.8. The van der Waals surface area contributed by atoms with Gasteiger partial charge in [-0.1, -0.05) is 0 Å². The molecule has 0 spiro atoms. The Kier molecular flexibility index (Phi) is 4.21. The van der Waals surface area contributed by atoms with Crippen LogP contribution >= 0.6 is 23.1 Å². The van der Waals surface area contributed by atoms with Crippen molar-refractivity contribution in [2.75, 3.05) is 18.1 Å². The van der Waals surface area contributed by atoms with E-state index in [2.05, 4.69) is 5.32 Å². The number of carbonyl (C=O) groups is 1. The zero-order valence-corrected chi connectivity index (χ0v) is 12.4. The molecule has 1 aliphatic rings. The van der Waals surface area contributed by atoms with Gasteiger partial charge in [0.2, 0.25) is 10.0 Å².